The molecule has 130 valence electrons. The second-order valence-electron chi connectivity index (χ2n) is 6.27. The van der Waals surface area contributed by atoms with Gasteiger partial charge in [0.2, 0.25) is 0 Å². The predicted octanol–water partition coefficient (Wildman–Crippen LogP) is 6.77. The quantitative estimate of drug-likeness (QED) is 0.373. The summed E-state index contributed by atoms with van der Waals surface area (Å²) < 4.78 is 13.3. The van der Waals surface area contributed by atoms with Gasteiger partial charge in [-0.2, -0.15) is 0 Å². The summed E-state index contributed by atoms with van der Waals surface area (Å²) in [6.45, 7) is 2.11. The summed E-state index contributed by atoms with van der Waals surface area (Å²) in [5.41, 5.74) is 4.50. The van der Waals surface area contributed by atoms with Gasteiger partial charge in [-0.25, -0.2) is 9.37 Å². The van der Waals surface area contributed by atoms with Gasteiger partial charge in [-0.15, -0.1) is 22.7 Å². The molecule has 0 N–H and O–H groups in total. The van der Waals surface area contributed by atoms with Crippen LogP contribution in [-0.4, -0.2) is 4.98 Å². The first-order valence-corrected chi connectivity index (χ1v) is 10.2. The van der Waals surface area contributed by atoms with Gasteiger partial charge >= 0.3 is 0 Å². The van der Waals surface area contributed by atoms with E-state index in [1.165, 1.54) is 33.0 Å². The van der Waals surface area contributed by atoms with E-state index >= 15 is 0 Å². The minimum Gasteiger partial charge on any atom is -0.241 e. The molecule has 0 unspecified atom stereocenters. The minimum absolute atomic E-state index is 0.221. The predicted molar refractivity (Wildman–Crippen MR) is 109 cm³/mol. The number of hydrogen-bond donors (Lipinski definition) is 0. The lowest BCUT2D eigenvalue weighted by molar-refractivity contribution is 0.628. The summed E-state index contributed by atoms with van der Waals surface area (Å²) in [5.74, 6) is -0.221. The first kappa shape index (κ1) is 17.1. The average Bonchev–Trinajstić information content (AvgIpc) is 3.28. The summed E-state index contributed by atoms with van der Waals surface area (Å²) in [7, 11) is 0. The molecular weight excluding hydrogens is 361 g/mol. The van der Waals surface area contributed by atoms with Gasteiger partial charge in [-0.1, -0.05) is 30.3 Å². The van der Waals surface area contributed by atoms with Crippen LogP contribution in [0.4, 0.5) is 4.39 Å². The van der Waals surface area contributed by atoms with Gasteiger partial charge in [0.25, 0.3) is 0 Å². The number of hydrogen-bond acceptors (Lipinski definition) is 3. The van der Waals surface area contributed by atoms with Crippen molar-refractivity contribution in [2.24, 2.45) is 0 Å². The fraction of sp³-hybridized carbons (Fsp3) is 0.136. The van der Waals surface area contributed by atoms with E-state index in [2.05, 4.69) is 42.6 Å². The first-order chi connectivity index (χ1) is 12.7. The van der Waals surface area contributed by atoms with Crippen molar-refractivity contribution in [3.63, 3.8) is 0 Å². The van der Waals surface area contributed by atoms with Crippen LogP contribution in [0.1, 0.15) is 16.1 Å². The molecule has 0 fully saturated rings. The zero-order valence-corrected chi connectivity index (χ0v) is 16.0. The second kappa shape index (κ2) is 7.52. The van der Waals surface area contributed by atoms with Crippen LogP contribution in [0, 0.1) is 12.7 Å². The standard InChI is InChI=1S/C22H18FNS2/c1-15-13-19(25-14-15)22-21(17-8-10-18(23)11-9-17)24-20(26-22)12-7-16-5-3-2-4-6-16/h2-6,8-11,13-14H,7,12H2,1H3. The molecule has 0 aliphatic heterocycles. The van der Waals surface area contributed by atoms with E-state index < -0.39 is 0 Å². The van der Waals surface area contributed by atoms with Gasteiger partial charge < -0.3 is 0 Å². The van der Waals surface area contributed by atoms with Gasteiger partial charge in [-0.3, -0.25) is 0 Å². The molecular formula is C22H18FNS2. The van der Waals surface area contributed by atoms with Crippen LogP contribution in [-0.2, 0) is 12.8 Å². The van der Waals surface area contributed by atoms with E-state index in [-0.39, 0.29) is 5.82 Å². The highest BCUT2D eigenvalue weighted by Crippen LogP contribution is 2.40. The SMILES string of the molecule is Cc1csc(-c2sc(CCc3ccccc3)nc2-c2ccc(F)cc2)c1. The molecule has 4 heteroatoms. The summed E-state index contributed by atoms with van der Waals surface area (Å²) in [5, 5.41) is 3.28. The second-order valence-corrected chi connectivity index (χ2v) is 8.26. The summed E-state index contributed by atoms with van der Waals surface area (Å²) in [4.78, 5) is 7.32. The van der Waals surface area contributed by atoms with Crippen molar-refractivity contribution in [2.45, 2.75) is 19.8 Å². The van der Waals surface area contributed by atoms with Crippen molar-refractivity contribution in [3.8, 4) is 21.0 Å². The van der Waals surface area contributed by atoms with Crippen LogP contribution in [0.25, 0.3) is 21.0 Å². The van der Waals surface area contributed by atoms with Gasteiger partial charge in [0.1, 0.15) is 5.82 Å². The third-order valence-electron chi connectivity index (χ3n) is 4.21. The van der Waals surface area contributed by atoms with Gasteiger partial charge in [0.05, 0.1) is 15.6 Å². The normalized spacial score (nSPS) is 11.0. The number of benzene rings is 2. The van der Waals surface area contributed by atoms with E-state index in [1.807, 2.05) is 18.2 Å². The molecule has 26 heavy (non-hydrogen) atoms. The van der Waals surface area contributed by atoms with E-state index in [4.69, 9.17) is 4.98 Å². The van der Waals surface area contributed by atoms with Gasteiger partial charge in [0, 0.05) is 16.9 Å². The molecule has 1 nitrogen and oxygen atoms in total. The Hall–Kier alpha value is -2.30. The molecule has 0 aliphatic rings. The molecule has 0 amide bonds. The van der Waals surface area contributed by atoms with E-state index in [0.717, 1.165) is 29.1 Å². The van der Waals surface area contributed by atoms with Gasteiger partial charge in [0.15, 0.2) is 0 Å². The zero-order chi connectivity index (χ0) is 17.9. The Morgan fingerprint density at radius 1 is 0.962 bits per heavy atom. The molecule has 0 radical (unpaired) electrons. The fourth-order valence-electron chi connectivity index (χ4n) is 2.89. The van der Waals surface area contributed by atoms with Crippen molar-refractivity contribution < 1.29 is 4.39 Å². The topological polar surface area (TPSA) is 12.9 Å². The molecule has 0 atom stereocenters. The van der Waals surface area contributed by atoms with Gasteiger partial charge in [-0.05, 0) is 60.2 Å². The highest BCUT2D eigenvalue weighted by molar-refractivity contribution is 7.21. The van der Waals surface area contributed by atoms with Crippen LogP contribution in [0.3, 0.4) is 0 Å². The Morgan fingerprint density at radius 2 is 1.73 bits per heavy atom. The Morgan fingerprint density at radius 3 is 2.42 bits per heavy atom. The Balaban J connectivity index is 1.69. The number of nitrogens with zero attached hydrogens (tertiary/aromatic N) is 1. The van der Waals surface area contributed by atoms with Crippen LogP contribution in [0.15, 0.2) is 66.0 Å². The van der Waals surface area contributed by atoms with Crippen LogP contribution in [0.2, 0.25) is 0 Å². The lowest BCUT2D eigenvalue weighted by Crippen LogP contribution is -1.90. The van der Waals surface area contributed by atoms with Crippen molar-refractivity contribution >= 4 is 22.7 Å². The molecule has 0 spiro atoms. The average molecular weight is 380 g/mol. The Bertz CT molecular complexity index is 1000. The maximum absolute atomic E-state index is 13.3. The molecule has 0 saturated heterocycles. The number of aromatic nitrogens is 1. The van der Waals surface area contributed by atoms with Crippen LogP contribution >= 0.6 is 22.7 Å². The molecule has 4 rings (SSSR count). The third kappa shape index (κ3) is 3.76. The lowest BCUT2D eigenvalue weighted by Gasteiger charge is -2.00. The largest absolute Gasteiger partial charge is 0.241 e. The summed E-state index contributed by atoms with van der Waals surface area (Å²) in [6.07, 6.45) is 1.88. The summed E-state index contributed by atoms with van der Waals surface area (Å²) >= 11 is 3.49. The Kier molecular flexibility index (Phi) is 4.96. The molecule has 2 aromatic heterocycles. The number of rotatable bonds is 5. The maximum Gasteiger partial charge on any atom is 0.123 e. The zero-order valence-electron chi connectivity index (χ0n) is 14.4. The lowest BCUT2D eigenvalue weighted by atomic mass is 10.1. The van der Waals surface area contributed by atoms with E-state index in [9.17, 15) is 4.39 Å². The number of aryl methyl sites for hydroxylation is 3. The van der Waals surface area contributed by atoms with Crippen molar-refractivity contribution in [2.75, 3.05) is 0 Å². The fourth-order valence-corrected chi connectivity index (χ4v) is 4.99. The number of thiophene rings is 1. The maximum atomic E-state index is 13.3. The summed E-state index contributed by atoms with van der Waals surface area (Å²) in [6, 6.07) is 19.3. The number of halogens is 1. The first-order valence-electron chi connectivity index (χ1n) is 8.54. The van der Waals surface area contributed by atoms with Crippen molar-refractivity contribution in [1.82, 2.24) is 4.98 Å². The van der Waals surface area contributed by atoms with Crippen molar-refractivity contribution in [1.29, 1.82) is 0 Å². The molecule has 0 saturated carbocycles. The number of thiazole rings is 1. The minimum atomic E-state index is -0.221. The molecule has 0 aliphatic carbocycles. The van der Waals surface area contributed by atoms with Crippen molar-refractivity contribution in [3.05, 3.63) is 88.0 Å². The van der Waals surface area contributed by atoms with E-state index in [1.54, 1.807) is 22.7 Å². The molecule has 2 heterocycles. The van der Waals surface area contributed by atoms with Crippen LogP contribution < -0.4 is 0 Å². The third-order valence-corrected chi connectivity index (χ3v) is 6.56. The van der Waals surface area contributed by atoms with E-state index in [0.29, 0.717) is 0 Å². The smallest absolute Gasteiger partial charge is 0.123 e. The highest BCUT2D eigenvalue weighted by atomic mass is 32.1. The molecule has 4 aromatic rings. The van der Waals surface area contributed by atoms with Crippen LogP contribution in [0.5, 0.6) is 0 Å². The Labute approximate surface area is 160 Å². The molecule has 2 aromatic carbocycles. The monoisotopic (exact) mass is 379 g/mol. The highest BCUT2D eigenvalue weighted by Gasteiger charge is 2.16. The molecule has 0 bridgehead atoms.